The van der Waals surface area contributed by atoms with E-state index in [0.717, 1.165) is 30.8 Å². The lowest BCUT2D eigenvalue weighted by Gasteiger charge is -2.39. The molecule has 1 fully saturated rings. The monoisotopic (exact) mass is 250 g/mol. The topological polar surface area (TPSA) is 29.3 Å². The van der Waals surface area contributed by atoms with Gasteiger partial charge in [0.1, 0.15) is 5.82 Å². The van der Waals surface area contributed by atoms with Crippen molar-refractivity contribution in [3.8, 4) is 0 Å². The minimum atomic E-state index is -0.153. The number of rotatable bonds is 3. The molecule has 0 amide bonds. The normalized spacial score (nSPS) is 19.0. The predicted molar refractivity (Wildman–Crippen MR) is 74.4 cm³/mol. The van der Waals surface area contributed by atoms with E-state index in [0.29, 0.717) is 12.0 Å². The summed E-state index contributed by atoms with van der Waals surface area (Å²) < 4.78 is 13.6. The van der Waals surface area contributed by atoms with Crippen LogP contribution in [0.15, 0.2) is 18.2 Å². The van der Waals surface area contributed by atoms with Crippen molar-refractivity contribution >= 4 is 5.69 Å². The Morgan fingerprint density at radius 2 is 2.11 bits per heavy atom. The maximum atomic E-state index is 13.6. The molecule has 2 rings (SSSR count). The van der Waals surface area contributed by atoms with Gasteiger partial charge in [0.05, 0.1) is 0 Å². The van der Waals surface area contributed by atoms with E-state index in [-0.39, 0.29) is 5.82 Å². The summed E-state index contributed by atoms with van der Waals surface area (Å²) >= 11 is 0. The van der Waals surface area contributed by atoms with E-state index < -0.39 is 0 Å². The highest BCUT2D eigenvalue weighted by Gasteiger charge is 2.26. The van der Waals surface area contributed by atoms with Gasteiger partial charge in [0, 0.05) is 18.8 Å². The molecule has 18 heavy (non-hydrogen) atoms. The Morgan fingerprint density at radius 1 is 1.33 bits per heavy atom. The van der Waals surface area contributed by atoms with Crippen molar-refractivity contribution < 1.29 is 4.39 Å². The molecule has 0 aliphatic carbocycles. The second-order valence-electron chi connectivity index (χ2n) is 6.05. The summed E-state index contributed by atoms with van der Waals surface area (Å²) in [4.78, 5) is 2.30. The molecule has 0 atom stereocenters. The molecule has 0 radical (unpaired) electrons. The molecular weight excluding hydrogens is 227 g/mol. The zero-order chi connectivity index (χ0) is 13.2. The van der Waals surface area contributed by atoms with E-state index >= 15 is 0 Å². The molecule has 0 aromatic heterocycles. The first-order chi connectivity index (χ1) is 8.50. The Bertz CT molecular complexity index is 415. The van der Waals surface area contributed by atoms with E-state index in [1.165, 1.54) is 12.8 Å². The average Bonchev–Trinajstić information content (AvgIpc) is 2.27. The van der Waals surface area contributed by atoms with Crippen LogP contribution in [0.5, 0.6) is 0 Å². The standard InChI is InChI=1S/C15H23FN2/c1-15(2)5-3-7-18(11-15)14-9-12(4-6-17)8-13(16)10-14/h8-10H,3-7,11,17H2,1-2H3. The van der Waals surface area contributed by atoms with E-state index in [1.54, 1.807) is 12.1 Å². The number of nitrogens with two attached hydrogens (primary N) is 1. The van der Waals surface area contributed by atoms with Gasteiger partial charge >= 0.3 is 0 Å². The zero-order valence-electron chi connectivity index (χ0n) is 11.4. The molecule has 1 aromatic carbocycles. The molecule has 2 nitrogen and oxygen atoms in total. The van der Waals surface area contributed by atoms with Crippen molar-refractivity contribution in [3.63, 3.8) is 0 Å². The number of nitrogens with zero attached hydrogens (tertiary/aromatic N) is 1. The Kier molecular flexibility index (Phi) is 3.91. The van der Waals surface area contributed by atoms with Crippen LogP contribution >= 0.6 is 0 Å². The first kappa shape index (κ1) is 13.3. The van der Waals surface area contributed by atoms with Gasteiger partial charge in [0.2, 0.25) is 0 Å². The third kappa shape index (κ3) is 3.22. The summed E-state index contributed by atoms with van der Waals surface area (Å²) in [6, 6.07) is 5.31. The molecule has 100 valence electrons. The van der Waals surface area contributed by atoms with Gasteiger partial charge in [0.25, 0.3) is 0 Å². The molecule has 0 unspecified atom stereocenters. The van der Waals surface area contributed by atoms with Gasteiger partial charge in [0.15, 0.2) is 0 Å². The largest absolute Gasteiger partial charge is 0.371 e. The van der Waals surface area contributed by atoms with Gasteiger partial charge in [-0.2, -0.15) is 0 Å². The number of hydrogen-bond donors (Lipinski definition) is 1. The number of benzene rings is 1. The second-order valence-corrected chi connectivity index (χ2v) is 6.05. The van der Waals surface area contributed by atoms with E-state index in [1.807, 2.05) is 0 Å². The fourth-order valence-corrected chi connectivity index (χ4v) is 2.77. The third-order valence-electron chi connectivity index (χ3n) is 3.64. The first-order valence-electron chi connectivity index (χ1n) is 6.75. The fourth-order valence-electron chi connectivity index (χ4n) is 2.77. The molecule has 1 aliphatic heterocycles. The molecule has 0 bridgehead atoms. The van der Waals surface area contributed by atoms with Gasteiger partial charge < -0.3 is 10.6 Å². The Morgan fingerprint density at radius 3 is 2.78 bits per heavy atom. The predicted octanol–water partition coefficient (Wildman–Crippen LogP) is 2.95. The fraction of sp³-hybridized carbons (Fsp3) is 0.600. The number of halogens is 1. The average molecular weight is 250 g/mol. The number of hydrogen-bond acceptors (Lipinski definition) is 2. The Balaban J connectivity index is 2.21. The van der Waals surface area contributed by atoms with Gasteiger partial charge in [-0.1, -0.05) is 13.8 Å². The van der Waals surface area contributed by atoms with Crippen LogP contribution in [0, 0.1) is 11.2 Å². The second kappa shape index (κ2) is 5.27. The summed E-state index contributed by atoms with van der Waals surface area (Å²) in [7, 11) is 0. The minimum Gasteiger partial charge on any atom is -0.371 e. The van der Waals surface area contributed by atoms with Crippen molar-refractivity contribution in [3.05, 3.63) is 29.6 Å². The van der Waals surface area contributed by atoms with Crippen LogP contribution in [0.25, 0.3) is 0 Å². The van der Waals surface area contributed by atoms with Crippen LogP contribution in [0.4, 0.5) is 10.1 Å². The first-order valence-corrected chi connectivity index (χ1v) is 6.75. The molecule has 0 saturated carbocycles. The highest BCUT2D eigenvalue weighted by Crippen LogP contribution is 2.32. The van der Waals surface area contributed by atoms with Crippen LogP contribution in [-0.2, 0) is 6.42 Å². The number of anilines is 1. The lowest BCUT2D eigenvalue weighted by Crippen LogP contribution is -2.40. The lowest BCUT2D eigenvalue weighted by atomic mass is 9.84. The van der Waals surface area contributed by atoms with Crippen LogP contribution < -0.4 is 10.6 Å². The highest BCUT2D eigenvalue weighted by atomic mass is 19.1. The van der Waals surface area contributed by atoms with Gasteiger partial charge in [-0.25, -0.2) is 4.39 Å². The van der Waals surface area contributed by atoms with Crippen molar-refractivity contribution in [2.75, 3.05) is 24.5 Å². The SMILES string of the molecule is CC1(C)CCCN(c2cc(F)cc(CCN)c2)C1. The quantitative estimate of drug-likeness (QED) is 0.893. The maximum absolute atomic E-state index is 13.6. The molecule has 0 spiro atoms. The summed E-state index contributed by atoms with van der Waals surface area (Å²) in [5, 5.41) is 0. The molecular formula is C15H23FN2. The van der Waals surface area contributed by atoms with Gasteiger partial charge in [-0.15, -0.1) is 0 Å². The zero-order valence-corrected chi connectivity index (χ0v) is 11.4. The summed E-state index contributed by atoms with van der Waals surface area (Å²) in [5.74, 6) is -0.153. The molecule has 1 aliphatic rings. The van der Waals surface area contributed by atoms with Gasteiger partial charge in [-0.05, 0) is 55.0 Å². The van der Waals surface area contributed by atoms with E-state index in [2.05, 4.69) is 24.8 Å². The molecule has 1 saturated heterocycles. The summed E-state index contributed by atoms with van der Waals surface area (Å²) in [6.07, 6.45) is 3.16. The third-order valence-corrected chi connectivity index (χ3v) is 3.64. The van der Waals surface area contributed by atoms with Crippen molar-refractivity contribution in [1.82, 2.24) is 0 Å². The summed E-state index contributed by atoms with van der Waals surface area (Å²) in [5.41, 5.74) is 7.87. The molecule has 1 aromatic rings. The Labute approximate surface area is 109 Å². The maximum Gasteiger partial charge on any atom is 0.125 e. The number of piperidine rings is 1. The van der Waals surface area contributed by atoms with Crippen molar-refractivity contribution in [2.45, 2.75) is 33.1 Å². The molecule has 1 heterocycles. The molecule has 3 heteroatoms. The van der Waals surface area contributed by atoms with Crippen LogP contribution in [0.2, 0.25) is 0 Å². The highest BCUT2D eigenvalue weighted by molar-refractivity contribution is 5.49. The smallest absolute Gasteiger partial charge is 0.125 e. The summed E-state index contributed by atoms with van der Waals surface area (Å²) in [6.45, 7) is 7.14. The van der Waals surface area contributed by atoms with Crippen molar-refractivity contribution in [1.29, 1.82) is 0 Å². The van der Waals surface area contributed by atoms with Gasteiger partial charge in [-0.3, -0.25) is 0 Å². The Hall–Kier alpha value is -1.09. The van der Waals surface area contributed by atoms with E-state index in [4.69, 9.17) is 5.73 Å². The minimum absolute atomic E-state index is 0.153. The van der Waals surface area contributed by atoms with Crippen LogP contribution in [-0.4, -0.2) is 19.6 Å². The molecule has 2 N–H and O–H groups in total. The van der Waals surface area contributed by atoms with Crippen LogP contribution in [0.3, 0.4) is 0 Å². The lowest BCUT2D eigenvalue weighted by molar-refractivity contribution is 0.293. The van der Waals surface area contributed by atoms with E-state index in [9.17, 15) is 4.39 Å². The van der Waals surface area contributed by atoms with Crippen molar-refractivity contribution in [2.24, 2.45) is 11.1 Å². The van der Waals surface area contributed by atoms with Crippen LogP contribution in [0.1, 0.15) is 32.3 Å².